The van der Waals surface area contributed by atoms with E-state index in [0.717, 1.165) is 44.0 Å². The molecule has 6 aromatic rings. The first-order valence-electron chi connectivity index (χ1n) is 11.8. The van der Waals surface area contributed by atoms with Gasteiger partial charge >= 0.3 is 175 Å². The standard InChI is InChI=1S/C26H22GeN2O2/c1-15-11-12-18-16-7-5-9-19(24(16)31-26(18)29-15)22-13-23-20(14-28-22)17-8-6-10-21(25(17)30-23)27(2,3)4/h5-14H,1-4H3/i1D3. The van der Waals surface area contributed by atoms with Gasteiger partial charge in [-0.15, -0.1) is 0 Å². The van der Waals surface area contributed by atoms with Crippen molar-refractivity contribution in [1.29, 1.82) is 0 Å². The van der Waals surface area contributed by atoms with Crippen molar-refractivity contribution >= 4 is 61.7 Å². The van der Waals surface area contributed by atoms with Crippen molar-refractivity contribution in [2.75, 3.05) is 0 Å². The molecule has 0 saturated carbocycles. The van der Waals surface area contributed by atoms with Gasteiger partial charge < -0.3 is 0 Å². The van der Waals surface area contributed by atoms with Crippen LogP contribution in [0, 0.1) is 6.85 Å². The van der Waals surface area contributed by atoms with Crippen LogP contribution in [0.15, 0.2) is 69.6 Å². The molecule has 0 amide bonds. The number of fused-ring (bicyclic) bond motifs is 6. The Labute approximate surface area is 186 Å². The fourth-order valence-electron chi connectivity index (χ4n) is 4.31. The zero-order valence-electron chi connectivity index (χ0n) is 20.5. The maximum atomic E-state index is 7.65. The first-order chi connectivity index (χ1) is 16.1. The fraction of sp³-hybridized carbons (Fsp3) is 0.154. The van der Waals surface area contributed by atoms with Gasteiger partial charge in [0.1, 0.15) is 0 Å². The molecule has 0 saturated heterocycles. The Morgan fingerprint density at radius 3 is 2.45 bits per heavy atom. The summed E-state index contributed by atoms with van der Waals surface area (Å²) in [6, 6.07) is 17.5. The number of benzene rings is 2. The van der Waals surface area contributed by atoms with Gasteiger partial charge in [0.05, 0.1) is 0 Å². The van der Waals surface area contributed by atoms with Crippen molar-refractivity contribution < 1.29 is 12.9 Å². The summed E-state index contributed by atoms with van der Waals surface area (Å²) in [5.41, 5.74) is 4.24. The van der Waals surface area contributed by atoms with Crippen LogP contribution in [0.25, 0.3) is 55.3 Å². The molecule has 0 spiro atoms. The Bertz CT molecular complexity index is 1740. The molecular formula is C26H22GeN2O2. The normalized spacial score (nSPS) is 14.4. The molecule has 0 aliphatic rings. The van der Waals surface area contributed by atoms with E-state index in [1.54, 1.807) is 6.07 Å². The number of aromatic nitrogens is 2. The summed E-state index contributed by atoms with van der Waals surface area (Å²) >= 11 is -2.13. The number of rotatable bonds is 2. The van der Waals surface area contributed by atoms with Crippen molar-refractivity contribution in [3.63, 3.8) is 0 Å². The summed E-state index contributed by atoms with van der Waals surface area (Å²) in [4.78, 5) is 9.02. The van der Waals surface area contributed by atoms with E-state index in [1.165, 1.54) is 10.5 Å². The molecule has 4 heterocycles. The van der Waals surface area contributed by atoms with Gasteiger partial charge in [-0.3, -0.25) is 0 Å². The zero-order chi connectivity index (χ0) is 23.8. The van der Waals surface area contributed by atoms with Crippen LogP contribution >= 0.6 is 0 Å². The zero-order valence-corrected chi connectivity index (χ0v) is 19.6. The molecule has 0 unspecified atom stereocenters. The molecule has 152 valence electrons. The van der Waals surface area contributed by atoms with E-state index in [4.69, 9.17) is 17.9 Å². The topological polar surface area (TPSA) is 52.1 Å². The van der Waals surface area contributed by atoms with Crippen molar-refractivity contribution in [3.05, 3.63) is 66.5 Å². The molecule has 0 bridgehead atoms. The van der Waals surface area contributed by atoms with Gasteiger partial charge in [-0.2, -0.15) is 0 Å². The van der Waals surface area contributed by atoms with Crippen molar-refractivity contribution in [1.82, 2.24) is 9.97 Å². The molecule has 5 heteroatoms. The van der Waals surface area contributed by atoms with Crippen LogP contribution in [0.5, 0.6) is 0 Å². The van der Waals surface area contributed by atoms with Gasteiger partial charge in [-0.25, -0.2) is 0 Å². The molecule has 0 aliphatic heterocycles. The third-order valence-corrected chi connectivity index (χ3v) is 10.0. The molecule has 6 rings (SSSR count). The Hall–Kier alpha value is -3.12. The van der Waals surface area contributed by atoms with Gasteiger partial charge in [0.25, 0.3) is 0 Å². The van der Waals surface area contributed by atoms with E-state index in [-0.39, 0.29) is 5.69 Å². The molecule has 0 aliphatic carbocycles. The minimum atomic E-state index is -2.29. The number of hydrogen-bond donors (Lipinski definition) is 0. The summed E-state index contributed by atoms with van der Waals surface area (Å²) in [5.74, 6) is 7.08. The van der Waals surface area contributed by atoms with E-state index in [9.17, 15) is 0 Å². The number of pyridine rings is 2. The van der Waals surface area contributed by atoms with E-state index in [2.05, 4.69) is 40.5 Å². The van der Waals surface area contributed by atoms with Crippen LogP contribution in [0.1, 0.15) is 9.81 Å². The van der Waals surface area contributed by atoms with Crippen LogP contribution in [0.3, 0.4) is 0 Å². The number of aryl methyl sites for hydroxylation is 1. The van der Waals surface area contributed by atoms with Crippen LogP contribution in [0.2, 0.25) is 17.3 Å². The Morgan fingerprint density at radius 1 is 0.839 bits per heavy atom. The van der Waals surface area contributed by atoms with Gasteiger partial charge in [-0.05, 0) is 6.85 Å². The van der Waals surface area contributed by atoms with Gasteiger partial charge in [-0.1, -0.05) is 0 Å². The summed E-state index contributed by atoms with van der Waals surface area (Å²) in [5, 5.41) is 3.73. The van der Waals surface area contributed by atoms with Gasteiger partial charge in [0.2, 0.25) is 0 Å². The molecule has 4 nitrogen and oxygen atoms in total. The van der Waals surface area contributed by atoms with Crippen LogP contribution in [0.4, 0.5) is 0 Å². The Kier molecular flexibility index (Phi) is 3.25. The molecule has 31 heavy (non-hydrogen) atoms. The van der Waals surface area contributed by atoms with Crippen LogP contribution < -0.4 is 4.40 Å². The summed E-state index contributed by atoms with van der Waals surface area (Å²) in [7, 11) is 0. The maximum absolute atomic E-state index is 7.65. The third kappa shape index (κ3) is 2.82. The van der Waals surface area contributed by atoms with E-state index >= 15 is 0 Å². The second-order valence-corrected chi connectivity index (χ2v) is 19.5. The van der Waals surface area contributed by atoms with Crippen LogP contribution in [-0.4, -0.2) is 23.2 Å². The number of para-hydroxylation sites is 2. The number of furan rings is 2. The fourth-order valence-corrected chi connectivity index (χ4v) is 7.38. The molecule has 0 radical (unpaired) electrons. The summed E-state index contributed by atoms with van der Waals surface area (Å²) < 4.78 is 36.8. The first-order valence-corrected chi connectivity index (χ1v) is 17.6. The Balaban J connectivity index is 1.57. The monoisotopic (exact) mass is 471 g/mol. The van der Waals surface area contributed by atoms with Crippen LogP contribution in [-0.2, 0) is 0 Å². The van der Waals surface area contributed by atoms with Crippen molar-refractivity contribution in [3.8, 4) is 11.3 Å². The number of nitrogens with zero attached hydrogens (tertiary/aromatic N) is 2. The molecule has 0 fully saturated rings. The molecule has 4 aromatic heterocycles. The predicted molar refractivity (Wildman–Crippen MR) is 130 cm³/mol. The molecule has 0 N–H and O–H groups in total. The summed E-state index contributed by atoms with van der Waals surface area (Å²) in [6.45, 7) is -2.29. The third-order valence-electron chi connectivity index (χ3n) is 5.83. The quantitative estimate of drug-likeness (QED) is 0.262. The van der Waals surface area contributed by atoms with Gasteiger partial charge in [0, 0.05) is 4.11 Å². The van der Waals surface area contributed by atoms with E-state index in [0.29, 0.717) is 11.3 Å². The first kappa shape index (κ1) is 15.6. The van der Waals surface area contributed by atoms with Crippen molar-refractivity contribution in [2.24, 2.45) is 0 Å². The SMILES string of the molecule is [2H]C([2H])([2H])c1ccc2c(n1)oc1c(-c3cc4oc5[c]([Ge]([CH3])([CH3])[CH3])cccc5c4cn3)cccc12. The predicted octanol–water partition coefficient (Wildman–Crippen LogP) is 6.80. The molecule has 2 aromatic carbocycles. The van der Waals surface area contributed by atoms with E-state index < -0.39 is 20.1 Å². The second-order valence-electron chi connectivity index (χ2n) is 8.93. The molecule has 0 atom stereocenters. The van der Waals surface area contributed by atoms with E-state index in [1.807, 2.05) is 30.5 Å². The average Bonchev–Trinajstić information content (AvgIpc) is 3.34. The second kappa shape index (κ2) is 6.44. The van der Waals surface area contributed by atoms with Crippen molar-refractivity contribution in [2.45, 2.75) is 24.1 Å². The minimum absolute atomic E-state index is 0.0156. The van der Waals surface area contributed by atoms with Gasteiger partial charge in [0.15, 0.2) is 0 Å². The Morgan fingerprint density at radius 2 is 1.65 bits per heavy atom. The number of hydrogen-bond acceptors (Lipinski definition) is 4. The average molecular weight is 470 g/mol. The molecular weight excluding hydrogens is 445 g/mol. The summed E-state index contributed by atoms with van der Waals surface area (Å²) in [6.07, 6.45) is 1.86.